The van der Waals surface area contributed by atoms with Gasteiger partial charge in [-0.25, -0.2) is 0 Å². The second kappa shape index (κ2) is 7.84. The Morgan fingerprint density at radius 3 is 2.47 bits per heavy atom. The number of methoxy groups -OCH3 is 1. The summed E-state index contributed by atoms with van der Waals surface area (Å²) in [6.45, 7) is 1.85. The third-order valence-corrected chi connectivity index (χ3v) is 4.18. The van der Waals surface area contributed by atoms with Crippen molar-refractivity contribution in [1.29, 1.82) is 0 Å². The molecule has 1 N–H and O–H groups in total. The zero-order chi connectivity index (χ0) is 14.3. The molecule has 0 spiro atoms. The fraction of sp³-hybridized carbons (Fsp3) is 0.429. The summed E-state index contributed by atoms with van der Waals surface area (Å²) in [6.07, 6.45) is 0.802. The number of benzene rings is 1. The van der Waals surface area contributed by atoms with E-state index in [4.69, 9.17) is 5.11 Å². The number of carbonyl (C=O) groups is 2. The van der Waals surface area contributed by atoms with Crippen LogP contribution in [0.3, 0.4) is 0 Å². The van der Waals surface area contributed by atoms with E-state index in [1.165, 1.54) is 18.9 Å². The summed E-state index contributed by atoms with van der Waals surface area (Å²) in [4.78, 5) is 22.3. The van der Waals surface area contributed by atoms with E-state index < -0.39 is 11.2 Å². The van der Waals surface area contributed by atoms with E-state index in [0.29, 0.717) is 12.2 Å². The molecule has 0 aliphatic heterocycles. The molecule has 1 atom stereocenters. The van der Waals surface area contributed by atoms with Gasteiger partial charge in [0.25, 0.3) is 0 Å². The molecular formula is C14H18O4S. The molecule has 0 radical (unpaired) electrons. The van der Waals surface area contributed by atoms with E-state index in [2.05, 4.69) is 4.74 Å². The first-order valence-corrected chi connectivity index (χ1v) is 7.11. The first kappa shape index (κ1) is 15.6. The van der Waals surface area contributed by atoms with Gasteiger partial charge in [0, 0.05) is 5.75 Å². The molecule has 0 saturated heterocycles. The molecule has 1 rings (SSSR count). The molecule has 0 fully saturated rings. The minimum absolute atomic E-state index is 0.219. The van der Waals surface area contributed by atoms with Gasteiger partial charge in [-0.05, 0) is 17.5 Å². The third kappa shape index (κ3) is 4.95. The molecule has 19 heavy (non-hydrogen) atoms. The highest BCUT2D eigenvalue weighted by Crippen LogP contribution is 2.23. The number of aliphatic carboxylic acids is 1. The van der Waals surface area contributed by atoms with E-state index in [9.17, 15) is 9.59 Å². The SMILES string of the molecule is CCC(SCc1ccccc1CC(=O)OC)C(=O)O. The van der Waals surface area contributed by atoms with Crippen molar-refractivity contribution in [2.45, 2.75) is 30.8 Å². The van der Waals surface area contributed by atoms with Crippen molar-refractivity contribution < 1.29 is 19.4 Å². The molecule has 0 saturated carbocycles. The zero-order valence-electron chi connectivity index (χ0n) is 11.1. The number of hydrogen-bond acceptors (Lipinski definition) is 4. The minimum Gasteiger partial charge on any atom is -0.480 e. The van der Waals surface area contributed by atoms with Gasteiger partial charge in [0.2, 0.25) is 0 Å². The predicted molar refractivity (Wildman–Crippen MR) is 75.2 cm³/mol. The van der Waals surface area contributed by atoms with Crippen molar-refractivity contribution in [3.63, 3.8) is 0 Å². The number of rotatable bonds is 7. The Morgan fingerprint density at radius 2 is 1.95 bits per heavy atom. The van der Waals surface area contributed by atoms with Crippen molar-refractivity contribution in [1.82, 2.24) is 0 Å². The first-order valence-electron chi connectivity index (χ1n) is 6.06. The maximum Gasteiger partial charge on any atom is 0.316 e. The highest BCUT2D eigenvalue weighted by Gasteiger charge is 2.16. The minimum atomic E-state index is -0.794. The predicted octanol–water partition coefficient (Wildman–Crippen LogP) is 2.50. The Kier molecular flexibility index (Phi) is 6.42. The van der Waals surface area contributed by atoms with Gasteiger partial charge < -0.3 is 9.84 Å². The highest BCUT2D eigenvalue weighted by atomic mass is 32.2. The summed E-state index contributed by atoms with van der Waals surface area (Å²) in [5, 5.41) is 8.60. The van der Waals surface area contributed by atoms with Crippen LogP contribution in [0.2, 0.25) is 0 Å². The molecule has 0 heterocycles. The van der Waals surface area contributed by atoms with Crippen LogP contribution in [0, 0.1) is 0 Å². The molecule has 4 nitrogen and oxygen atoms in total. The molecule has 1 aromatic rings. The second-order valence-electron chi connectivity index (χ2n) is 4.07. The van der Waals surface area contributed by atoms with Crippen LogP contribution in [-0.2, 0) is 26.5 Å². The van der Waals surface area contributed by atoms with Crippen molar-refractivity contribution in [3.8, 4) is 0 Å². The van der Waals surface area contributed by atoms with E-state index in [-0.39, 0.29) is 12.4 Å². The summed E-state index contributed by atoms with van der Waals surface area (Å²) < 4.78 is 4.65. The van der Waals surface area contributed by atoms with Gasteiger partial charge in [0.05, 0.1) is 13.5 Å². The number of carbonyl (C=O) groups excluding carboxylic acids is 1. The average molecular weight is 282 g/mol. The van der Waals surface area contributed by atoms with Gasteiger partial charge in [0.1, 0.15) is 5.25 Å². The lowest BCUT2D eigenvalue weighted by Gasteiger charge is -2.12. The average Bonchev–Trinajstić information content (AvgIpc) is 2.40. The fourth-order valence-electron chi connectivity index (χ4n) is 1.65. The van der Waals surface area contributed by atoms with Gasteiger partial charge in [-0.15, -0.1) is 11.8 Å². The number of hydrogen-bond donors (Lipinski definition) is 1. The first-order chi connectivity index (χ1) is 9.08. The molecule has 1 unspecified atom stereocenters. The maximum atomic E-state index is 11.3. The van der Waals surface area contributed by atoms with Crippen LogP contribution in [0.5, 0.6) is 0 Å². The normalized spacial score (nSPS) is 11.9. The molecule has 0 aliphatic carbocycles. The fourth-order valence-corrected chi connectivity index (χ4v) is 2.69. The number of ether oxygens (including phenoxy) is 1. The van der Waals surface area contributed by atoms with Crippen molar-refractivity contribution in [2.75, 3.05) is 7.11 Å². The lowest BCUT2D eigenvalue weighted by atomic mass is 10.1. The smallest absolute Gasteiger partial charge is 0.316 e. The molecule has 0 aliphatic rings. The monoisotopic (exact) mass is 282 g/mol. The van der Waals surface area contributed by atoms with E-state index in [0.717, 1.165) is 11.1 Å². The maximum absolute atomic E-state index is 11.3. The van der Waals surface area contributed by atoms with Crippen LogP contribution in [0.15, 0.2) is 24.3 Å². The summed E-state index contributed by atoms with van der Waals surface area (Å²) >= 11 is 1.38. The number of thioether (sulfide) groups is 1. The van der Waals surface area contributed by atoms with Crippen molar-refractivity contribution >= 4 is 23.7 Å². The summed E-state index contributed by atoms with van der Waals surface area (Å²) in [6, 6.07) is 7.54. The lowest BCUT2D eigenvalue weighted by Crippen LogP contribution is -2.15. The van der Waals surface area contributed by atoms with Gasteiger partial charge in [-0.2, -0.15) is 0 Å². The lowest BCUT2D eigenvalue weighted by molar-refractivity contribution is -0.140. The highest BCUT2D eigenvalue weighted by molar-refractivity contribution is 7.99. The quantitative estimate of drug-likeness (QED) is 0.778. The Hall–Kier alpha value is -1.49. The second-order valence-corrected chi connectivity index (χ2v) is 5.26. The molecule has 0 amide bonds. The van der Waals surface area contributed by atoms with Gasteiger partial charge >= 0.3 is 11.9 Å². The Balaban J connectivity index is 2.72. The van der Waals surface area contributed by atoms with Gasteiger partial charge in [0.15, 0.2) is 0 Å². The van der Waals surface area contributed by atoms with E-state index in [1.807, 2.05) is 31.2 Å². The van der Waals surface area contributed by atoms with Crippen LogP contribution in [0.1, 0.15) is 24.5 Å². The summed E-state index contributed by atoms with van der Waals surface area (Å²) in [7, 11) is 1.36. The Bertz CT molecular complexity index is 445. The Morgan fingerprint density at radius 1 is 1.32 bits per heavy atom. The van der Waals surface area contributed by atoms with Gasteiger partial charge in [-0.3, -0.25) is 9.59 Å². The summed E-state index contributed by atoms with van der Waals surface area (Å²) in [5.74, 6) is -0.501. The molecule has 104 valence electrons. The van der Waals surface area contributed by atoms with Crippen LogP contribution in [0.4, 0.5) is 0 Å². The molecule has 1 aromatic carbocycles. The largest absolute Gasteiger partial charge is 0.480 e. The number of esters is 1. The zero-order valence-corrected chi connectivity index (χ0v) is 11.9. The van der Waals surface area contributed by atoms with E-state index in [1.54, 1.807) is 0 Å². The number of carboxylic acids is 1. The van der Waals surface area contributed by atoms with Crippen LogP contribution >= 0.6 is 11.8 Å². The van der Waals surface area contributed by atoms with Gasteiger partial charge in [-0.1, -0.05) is 31.2 Å². The van der Waals surface area contributed by atoms with Crippen molar-refractivity contribution in [3.05, 3.63) is 35.4 Å². The summed E-state index contributed by atoms with van der Waals surface area (Å²) in [5.41, 5.74) is 1.87. The van der Waals surface area contributed by atoms with Crippen LogP contribution < -0.4 is 0 Å². The molecule has 0 bridgehead atoms. The molecule has 5 heteroatoms. The van der Waals surface area contributed by atoms with E-state index >= 15 is 0 Å². The molecule has 0 aromatic heterocycles. The standard InChI is InChI=1S/C14H18O4S/c1-3-12(14(16)17)19-9-11-7-5-4-6-10(11)8-13(15)18-2/h4-7,12H,3,8-9H2,1-2H3,(H,16,17). The van der Waals surface area contributed by atoms with Crippen molar-refractivity contribution in [2.24, 2.45) is 0 Å². The third-order valence-electron chi connectivity index (χ3n) is 2.77. The number of carboxylic acid groups (broad SMARTS) is 1. The topological polar surface area (TPSA) is 63.6 Å². The Labute approximate surface area is 117 Å². The molecular weight excluding hydrogens is 264 g/mol. The van der Waals surface area contributed by atoms with Crippen LogP contribution in [-0.4, -0.2) is 29.4 Å². The van der Waals surface area contributed by atoms with Crippen LogP contribution in [0.25, 0.3) is 0 Å².